The maximum absolute atomic E-state index is 4.51. The van der Waals surface area contributed by atoms with Gasteiger partial charge in [-0.1, -0.05) is 26.8 Å². The number of hydrogen-bond acceptors (Lipinski definition) is 3. The maximum Gasteiger partial charge on any atom is 0.125 e. The molecule has 1 saturated carbocycles. The molecule has 1 aromatic rings. The summed E-state index contributed by atoms with van der Waals surface area (Å²) in [7, 11) is 2.22. The van der Waals surface area contributed by atoms with E-state index in [2.05, 4.69) is 62.1 Å². The van der Waals surface area contributed by atoms with Gasteiger partial charge >= 0.3 is 0 Å². The zero-order valence-corrected chi connectivity index (χ0v) is 12.9. The van der Waals surface area contributed by atoms with Gasteiger partial charge in [0, 0.05) is 24.8 Å². The Morgan fingerprint density at radius 2 is 2.05 bits per heavy atom. The molecule has 1 atom stereocenters. The molecule has 1 aromatic heterocycles. The highest BCUT2D eigenvalue weighted by Crippen LogP contribution is 2.27. The quantitative estimate of drug-likeness (QED) is 0.881. The molecule has 106 valence electrons. The minimum absolute atomic E-state index is 0.172. The first kappa shape index (κ1) is 14.3. The Kier molecular flexibility index (Phi) is 4.14. The van der Waals surface area contributed by atoms with Gasteiger partial charge in [0.15, 0.2) is 0 Å². The lowest BCUT2D eigenvalue weighted by Crippen LogP contribution is -2.36. The first-order chi connectivity index (χ1) is 8.88. The summed E-state index contributed by atoms with van der Waals surface area (Å²) in [5.41, 5.74) is 1.45. The second-order valence-corrected chi connectivity index (χ2v) is 6.81. The van der Waals surface area contributed by atoms with Crippen molar-refractivity contribution in [1.29, 1.82) is 0 Å². The van der Waals surface area contributed by atoms with Crippen molar-refractivity contribution < 1.29 is 0 Å². The molecule has 1 unspecified atom stereocenters. The molecule has 0 saturated heterocycles. The minimum atomic E-state index is 0.172. The normalized spacial score (nSPS) is 17.6. The largest absolute Gasteiger partial charge is 0.369 e. The average molecular weight is 261 g/mol. The van der Waals surface area contributed by atoms with Crippen LogP contribution >= 0.6 is 0 Å². The van der Waals surface area contributed by atoms with Crippen molar-refractivity contribution in [3.05, 3.63) is 23.9 Å². The van der Waals surface area contributed by atoms with Crippen molar-refractivity contribution in [2.24, 2.45) is 0 Å². The Morgan fingerprint density at radius 1 is 1.37 bits per heavy atom. The average Bonchev–Trinajstić information content (AvgIpc) is 3.18. The lowest BCUT2D eigenvalue weighted by Gasteiger charge is -2.25. The van der Waals surface area contributed by atoms with E-state index in [-0.39, 0.29) is 5.41 Å². The van der Waals surface area contributed by atoms with Crippen molar-refractivity contribution in [2.75, 3.05) is 18.9 Å². The summed E-state index contributed by atoms with van der Waals surface area (Å²) in [6.45, 7) is 9.86. The van der Waals surface area contributed by atoms with E-state index >= 15 is 0 Å². The summed E-state index contributed by atoms with van der Waals surface area (Å²) in [5, 5.41) is 3.43. The fraction of sp³-hybridized carbons (Fsp3) is 0.688. The van der Waals surface area contributed by atoms with Gasteiger partial charge in [0.25, 0.3) is 0 Å². The predicted octanol–water partition coefficient (Wildman–Crippen LogP) is 3.27. The van der Waals surface area contributed by atoms with Crippen LogP contribution in [0.2, 0.25) is 0 Å². The van der Waals surface area contributed by atoms with Gasteiger partial charge in [-0.05, 0) is 43.9 Å². The van der Waals surface area contributed by atoms with Gasteiger partial charge in [-0.2, -0.15) is 0 Å². The van der Waals surface area contributed by atoms with Crippen molar-refractivity contribution >= 4 is 5.82 Å². The molecule has 2 rings (SSSR count). The van der Waals surface area contributed by atoms with Gasteiger partial charge in [0.05, 0.1) is 0 Å². The van der Waals surface area contributed by atoms with Gasteiger partial charge < -0.3 is 5.32 Å². The van der Waals surface area contributed by atoms with E-state index in [0.717, 1.165) is 18.4 Å². The van der Waals surface area contributed by atoms with Crippen molar-refractivity contribution in [1.82, 2.24) is 9.88 Å². The first-order valence-electron chi connectivity index (χ1n) is 7.30. The molecule has 1 fully saturated rings. The van der Waals surface area contributed by atoms with Gasteiger partial charge in [-0.15, -0.1) is 0 Å². The first-order valence-corrected chi connectivity index (χ1v) is 7.30. The fourth-order valence-electron chi connectivity index (χ4n) is 2.18. The van der Waals surface area contributed by atoms with Gasteiger partial charge in [-0.25, -0.2) is 4.98 Å². The molecule has 3 nitrogen and oxygen atoms in total. The number of rotatable bonds is 5. The van der Waals surface area contributed by atoms with Crippen LogP contribution < -0.4 is 5.32 Å². The molecule has 1 N–H and O–H groups in total. The Morgan fingerprint density at radius 3 is 2.53 bits per heavy atom. The third kappa shape index (κ3) is 3.93. The summed E-state index contributed by atoms with van der Waals surface area (Å²) in [6, 6.07) is 5.62. The second kappa shape index (κ2) is 5.49. The van der Waals surface area contributed by atoms with Crippen LogP contribution in [0.15, 0.2) is 18.3 Å². The molecule has 1 heterocycles. The summed E-state index contributed by atoms with van der Waals surface area (Å²) in [5.74, 6) is 0.976. The van der Waals surface area contributed by atoms with Crippen LogP contribution in [0.4, 0.5) is 5.82 Å². The van der Waals surface area contributed by atoms with E-state index in [9.17, 15) is 0 Å². The minimum Gasteiger partial charge on any atom is -0.369 e. The number of pyridine rings is 1. The van der Waals surface area contributed by atoms with Crippen LogP contribution in [0, 0.1) is 0 Å². The van der Waals surface area contributed by atoms with Gasteiger partial charge in [0.1, 0.15) is 5.82 Å². The van der Waals surface area contributed by atoms with E-state index in [4.69, 9.17) is 0 Å². The summed E-state index contributed by atoms with van der Waals surface area (Å²) in [6.07, 6.45) is 4.70. The second-order valence-electron chi connectivity index (χ2n) is 6.81. The highest BCUT2D eigenvalue weighted by atomic mass is 15.2. The van der Waals surface area contributed by atoms with Crippen molar-refractivity contribution in [2.45, 2.75) is 58.0 Å². The summed E-state index contributed by atoms with van der Waals surface area (Å²) >= 11 is 0. The predicted molar refractivity (Wildman–Crippen MR) is 81.7 cm³/mol. The molecule has 0 aromatic carbocycles. The molecule has 3 heteroatoms. The van der Waals surface area contributed by atoms with Crippen molar-refractivity contribution in [3.8, 4) is 0 Å². The van der Waals surface area contributed by atoms with Crippen molar-refractivity contribution in [3.63, 3.8) is 0 Å². The number of hydrogen-bond donors (Lipinski definition) is 1. The molecule has 0 aliphatic heterocycles. The zero-order valence-electron chi connectivity index (χ0n) is 12.9. The fourth-order valence-corrected chi connectivity index (χ4v) is 2.18. The number of aromatic nitrogens is 1. The van der Waals surface area contributed by atoms with Crippen LogP contribution in [0.25, 0.3) is 0 Å². The Hall–Kier alpha value is -1.09. The summed E-state index contributed by atoms with van der Waals surface area (Å²) in [4.78, 5) is 6.98. The van der Waals surface area contributed by atoms with Crippen LogP contribution in [0.3, 0.4) is 0 Å². The van der Waals surface area contributed by atoms with Crippen LogP contribution in [-0.4, -0.2) is 35.6 Å². The smallest absolute Gasteiger partial charge is 0.125 e. The van der Waals surface area contributed by atoms with Crippen LogP contribution in [0.5, 0.6) is 0 Å². The van der Waals surface area contributed by atoms with Gasteiger partial charge in [0.2, 0.25) is 0 Å². The molecule has 1 aliphatic rings. The molecule has 0 radical (unpaired) electrons. The van der Waals surface area contributed by atoms with Crippen LogP contribution in [-0.2, 0) is 5.41 Å². The molecular weight excluding hydrogens is 234 g/mol. The molecule has 0 spiro atoms. The topological polar surface area (TPSA) is 28.2 Å². The maximum atomic E-state index is 4.51. The highest BCUT2D eigenvalue weighted by molar-refractivity contribution is 5.37. The number of likely N-dealkylation sites (N-methyl/N-ethyl adjacent to an activating group) is 1. The zero-order chi connectivity index (χ0) is 14.0. The Labute approximate surface area is 117 Å². The Balaban J connectivity index is 1.85. The van der Waals surface area contributed by atoms with E-state index < -0.39 is 0 Å². The monoisotopic (exact) mass is 261 g/mol. The third-order valence-electron chi connectivity index (χ3n) is 4.03. The van der Waals surface area contributed by atoms with Crippen LogP contribution in [0.1, 0.15) is 46.1 Å². The number of nitrogens with zero attached hydrogens (tertiary/aromatic N) is 2. The SMILES string of the molecule is CC(CNc1ccc(C(C)(C)C)cn1)N(C)C1CC1. The third-order valence-corrected chi connectivity index (χ3v) is 4.03. The number of nitrogens with one attached hydrogen (secondary N) is 1. The Bertz CT molecular complexity index is 401. The van der Waals surface area contributed by atoms with E-state index in [0.29, 0.717) is 6.04 Å². The lowest BCUT2D eigenvalue weighted by atomic mass is 9.88. The molecule has 0 bridgehead atoms. The lowest BCUT2D eigenvalue weighted by molar-refractivity contribution is 0.257. The van der Waals surface area contributed by atoms with E-state index in [1.807, 2.05) is 6.20 Å². The standard InChI is InChI=1S/C16H27N3/c1-12(19(5)14-7-8-14)10-17-15-9-6-13(11-18-15)16(2,3)4/h6,9,11-12,14H,7-8,10H2,1-5H3,(H,17,18). The van der Waals surface area contributed by atoms with Gasteiger partial charge in [-0.3, -0.25) is 4.90 Å². The molecule has 0 amide bonds. The van der Waals surface area contributed by atoms with E-state index in [1.165, 1.54) is 18.4 Å². The summed E-state index contributed by atoms with van der Waals surface area (Å²) < 4.78 is 0. The van der Waals surface area contributed by atoms with E-state index in [1.54, 1.807) is 0 Å². The molecule has 1 aliphatic carbocycles. The molecular formula is C16H27N3. The highest BCUT2D eigenvalue weighted by Gasteiger charge is 2.28. The molecule has 19 heavy (non-hydrogen) atoms. The number of anilines is 1.